The molecule has 1 amide bonds. The Balaban J connectivity index is 1.39. The average molecular weight is 585 g/mol. The van der Waals surface area contributed by atoms with Crippen LogP contribution in [0.4, 0.5) is 11.6 Å². The van der Waals surface area contributed by atoms with Gasteiger partial charge in [-0.25, -0.2) is 19.7 Å². The first-order chi connectivity index (χ1) is 20.1. The van der Waals surface area contributed by atoms with Crippen LogP contribution in [0.2, 0.25) is 4.34 Å². The van der Waals surface area contributed by atoms with Gasteiger partial charge >= 0.3 is 5.69 Å². The van der Waals surface area contributed by atoms with E-state index in [9.17, 15) is 14.7 Å². The van der Waals surface area contributed by atoms with E-state index in [4.69, 9.17) is 15.7 Å². The molecule has 4 aromatic rings. The number of aryl methyl sites for hydroxylation is 1. The number of aromatic nitrogens is 5. The van der Waals surface area contributed by atoms with Crippen LogP contribution < -0.4 is 16.3 Å². The van der Waals surface area contributed by atoms with Crippen LogP contribution in [0.3, 0.4) is 0 Å². The molecule has 0 spiro atoms. The summed E-state index contributed by atoms with van der Waals surface area (Å²) in [5.41, 5.74) is -0.659. The van der Waals surface area contributed by atoms with Gasteiger partial charge in [-0.05, 0) is 70.6 Å². The number of fused-ring (bicyclic) bond motifs is 1. The fourth-order valence-corrected chi connectivity index (χ4v) is 6.26. The number of hydrogen-bond acceptors (Lipinski definition) is 8. The van der Waals surface area contributed by atoms with E-state index in [0.717, 1.165) is 17.4 Å². The Morgan fingerprint density at radius 1 is 1.20 bits per heavy atom. The highest BCUT2D eigenvalue weighted by molar-refractivity contribution is 7.18. The van der Waals surface area contributed by atoms with E-state index >= 15 is 0 Å². The fraction of sp³-hybridized carbons (Fsp3) is 0.464. The van der Waals surface area contributed by atoms with E-state index in [1.807, 2.05) is 6.92 Å². The minimum Gasteiger partial charge on any atom is -0.386 e. The number of thiazole rings is 1. The Morgan fingerprint density at radius 2 is 2.00 bits per heavy atom. The van der Waals surface area contributed by atoms with E-state index < -0.39 is 23.8 Å². The molecule has 40 heavy (non-hydrogen) atoms. The topological polar surface area (TPSA) is 127 Å². The molecule has 0 radical (unpaired) electrons. The predicted octanol–water partition coefficient (Wildman–Crippen LogP) is 4.89. The Kier molecular flexibility index (Phi) is 5.67. The summed E-state index contributed by atoms with van der Waals surface area (Å²) in [6, 6.07) is 4.74. The van der Waals surface area contributed by atoms with Crippen molar-refractivity contribution in [1.82, 2.24) is 29.4 Å². The molecule has 6 rings (SSSR count). The fourth-order valence-electron chi connectivity index (χ4n) is 5.39. The minimum absolute atomic E-state index is 0.0382. The second kappa shape index (κ2) is 9.67. The maximum absolute atomic E-state index is 13.7. The first kappa shape index (κ1) is 23.4. The van der Waals surface area contributed by atoms with Crippen LogP contribution in [0.5, 0.6) is 0 Å². The molecule has 0 unspecified atom stereocenters. The largest absolute Gasteiger partial charge is 0.386 e. The standard InChI is InChI=1S/C28H32ClN7O3S/c1-27(2,39)16-9-18(25-31-14-21(29)40-25)32-23(10-16)33-22-11-19-20(13-30-22)35(4)26(38)36(19)17-7-8-28(3,12-17)34-24(37)15-5-6-15/h9-11,13-15,17,39H,5-8,12H2,1-4H3,(H,34,37)(H,30,32,33)/t17-,28+/m1/s1/i4D3. The zero-order valence-corrected chi connectivity index (χ0v) is 23.9. The van der Waals surface area contributed by atoms with Gasteiger partial charge in [-0.1, -0.05) is 11.6 Å². The lowest BCUT2D eigenvalue weighted by Gasteiger charge is -2.26. The van der Waals surface area contributed by atoms with Crippen LogP contribution >= 0.6 is 22.9 Å². The molecule has 10 nitrogen and oxygen atoms in total. The van der Waals surface area contributed by atoms with Crippen molar-refractivity contribution in [2.45, 2.75) is 70.1 Å². The highest BCUT2D eigenvalue weighted by Gasteiger charge is 2.41. The second-order valence-electron chi connectivity index (χ2n) is 11.5. The zero-order chi connectivity index (χ0) is 30.9. The van der Waals surface area contributed by atoms with Gasteiger partial charge in [0.25, 0.3) is 0 Å². The Hall–Kier alpha value is -3.28. The van der Waals surface area contributed by atoms with Crippen molar-refractivity contribution in [3.63, 3.8) is 0 Å². The minimum atomic E-state index is -2.72. The van der Waals surface area contributed by atoms with Gasteiger partial charge in [-0.2, -0.15) is 0 Å². The highest BCUT2D eigenvalue weighted by atomic mass is 35.5. The van der Waals surface area contributed by atoms with Gasteiger partial charge in [0.15, 0.2) is 0 Å². The molecule has 210 valence electrons. The van der Waals surface area contributed by atoms with Crippen LogP contribution in [0.15, 0.2) is 35.4 Å². The highest BCUT2D eigenvalue weighted by Crippen LogP contribution is 2.40. The summed E-state index contributed by atoms with van der Waals surface area (Å²) >= 11 is 7.36. The number of nitrogens with one attached hydrogen (secondary N) is 2. The zero-order valence-electron chi connectivity index (χ0n) is 25.4. The smallest absolute Gasteiger partial charge is 0.329 e. The van der Waals surface area contributed by atoms with Crippen LogP contribution in [0, 0.1) is 5.92 Å². The van der Waals surface area contributed by atoms with E-state index in [1.54, 1.807) is 32.0 Å². The van der Waals surface area contributed by atoms with Gasteiger partial charge in [0.1, 0.15) is 26.7 Å². The first-order valence-electron chi connectivity index (χ1n) is 14.7. The van der Waals surface area contributed by atoms with Crippen LogP contribution in [0.25, 0.3) is 21.7 Å². The Morgan fingerprint density at radius 3 is 2.67 bits per heavy atom. The van der Waals surface area contributed by atoms with Gasteiger partial charge < -0.3 is 15.7 Å². The van der Waals surface area contributed by atoms with Gasteiger partial charge in [-0.3, -0.25) is 13.9 Å². The van der Waals surface area contributed by atoms with Gasteiger partial charge in [-0.15, -0.1) is 11.3 Å². The summed E-state index contributed by atoms with van der Waals surface area (Å²) in [6.45, 7) is 2.58. The van der Waals surface area contributed by atoms with Crippen molar-refractivity contribution in [1.29, 1.82) is 0 Å². The van der Waals surface area contributed by atoms with Crippen molar-refractivity contribution >= 4 is 51.5 Å². The summed E-state index contributed by atoms with van der Waals surface area (Å²) in [4.78, 5) is 39.6. The maximum atomic E-state index is 13.7. The summed E-state index contributed by atoms with van der Waals surface area (Å²) < 4.78 is 27.0. The SMILES string of the molecule is [2H]C([2H])([2H])n1c(=O)n([C@@H]2CC[C@](C)(NC(=O)C3CC3)C2)c2cc(Nc3cc(C(C)(C)O)cc(-c4ncc(Cl)s4)n3)ncc21. The van der Waals surface area contributed by atoms with Gasteiger partial charge in [0.2, 0.25) is 5.91 Å². The summed E-state index contributed by atoms with van der Waals surface area (Å²) in [7, 11) is 0. The predicted molar refractivity (Wildman–Crippen MR) is 156 cm³/mol. The van der Waals surface area contributed by atoms with Crippen molar-refractivity contribution in [3.05, 3.63) is 51.0 Å². The molecule has 0 aromatic carbocycles. The number of imidazole rings is 1. The van der Waals surface area contributed by atoms with Crippen molar-refractivity contribution in [2.24, 2.45) is 12.9 Å². The molecule has 2 saturated carbocycles. The normalized spacial score (nSPS) is 22.6. The maximum Gasteiger partial charge on any atom is 0.329 e. The lowest BCUT2D eigenvalue weighted by Crippen LogP contribution is -2.45. The molecule has 3 N–H and O–H groups in total. The molecule has 2 aliphatic carbocycles. The van der Waals surface area contributed by atoms with Crippen molar-refractivity contribution in [2.75, 3.05) is 5.32 Å². The third-order valence-corrected chi connectivity index (χ3v) is 8.84. The molecule has 2 aliphatic rings. The van der Waals surface area contributed by atoms with Gasteiger partial charge in [0.05, 0.1) is 29.0 Å². The number of aliphatic hydroxyl groups is 1. The number of carbonyl (C=O) groups is 1. The molecule has 2 fully saturated rings. The first-order valence-corrected chi connectivity index (χ1v) is 14.4. The van der Waals surface area contributed by atoms with E-state index in [1.165, 1.54) is 28.3 Å². The molecular formula is C28H32ClN7O3S. The third kappa shape index (κ3) is 5.13. The summed E-state index contributed by atoms with van der Waals surface area (Å²) in [6.07, 6.45) is 6.44. The number of nitrogens with zero attached hydrogens (tertiary/aromatic N) is 5. The monoisotopic (exact) mass is 584 g/mol. The Bertz CT molecular complexity index is 1790. The number of carbonyl (C=O) groups excluding carboxylic acids is 1. The van der Waals surface area contributed by atoms with E-state index in [-0.39, 0.29) is 23.4 Å². The van der Waals surface area contributed by atoms with Gasteiger partial charge in [0, 0.05) is 34.7 Å². The van der Waals surface area contributed by atoms with Crippen molar-refractivity contribution < 1.29 is 14.0 Å². The van der Waals surface area contributed by atoms with E-state index in [2.05, 4.69) is 25.6 Å². The number of pyridine rings is 2. The molecule has 12 heteroatoms. The summed E-state index contributed by atoms with van der Waals surface area (Å²) in [5, 5.41) is 17.7. The lowest BCUT2D eigenvalue weighted by atomic mass is 9.98. The molecule has 0 aliphatic heterocycles. The lowest BCUT2D eigenvalue weighted by molar-refractivity contribution is -0.124. The molecular weight excluding hydrogens is 550 g/mol. The molecule has 4 aromatic heterocycles. The number of hydrogen-bond donors (Lipinski definition) is 3. The molecule has 0 saturated heterocycles. The third-order valence-electron chi connectivity index (χ3n) is 7.70. The molecule has 4 heterocycles. The quantitative estimate of drug-likeness (QED) is 0.282. The average Bonchev–Trinajstić information content (AvgIpc) is 3.46. The second-order valence-corrected chi connectivity index (χ2v) is 13.2. The number of rotatable bonds is 7. The number of halogens is 1. The molecule has 0 bridgehead atoms. The number of anilines is 2. The van der Waals surface area contributed by atoms with Crippen molar-refractivity contribution in [3.8, 4) is 10.7 Å². The van der Waals surface area contributed by atoms with Crippen LogP contribution in [0.1, 0.15) is 68.6 Å². The Labute approximate surface area is 244 Å². The van der Waals surface area contributed by atoms with E-state index in [0.29, 0.717) is 57.0 Å². The molecule has 2 atom stereocenters. The van der Waals surface area contributed by atoms with Crippen LogP contribution in [-0.4, -0.2) is 40.6 Å². The van der Waals surface area contributed by atoms with Crippen LogP contribution in [-0.2, 0) is 17.4 Å². The number of amides is 1. The summed E-state index contributed by atoms with van der Waals surface area (Å²) in [5.74, 6) is 0.798.